The monoisotopic (exact) mass is 185 g/mol. The zero-order chi connectivity index (χ0) is 8.97. The molecule has 1 N–H and O–H groups in total. The molecule has 0 aromatic heterocycles. The van der Waals surface area contributed by atoms with Gasteiger partial charge in [0, 0.05) is 10.6 Å². The molecule has 1 rings (SSSR count). The highest BCUT2D eigenvalue weighted by atomic mass is 35.5. The summed E-state index contributed by atoms with van der Waals surface area (Å²) in [4.78, 5) is 0. The summed E-state index contributed by atoms with van der Waals surface area (Å²) < 4.78 is 5.23. The molecule has 65 valence electrons. The Labute approximate surface area is 76.7 Å². The Morgan fingerprint density at radius 1 is 1.58 bits per heavy atom. The zero-order valence-corrected chi connectivity index (χ0v) is 7.51. The summed E-state index contributed by atoms with van der Waals surface area (Å²) in [7, 11) is 0. The van der Waals surface area contributed by atoms with Crippen LogP contribution in [0.5, 0.6) is 5.75 Å². The Bertz CT molecular complexity index is 261. The second-order valence-corrected chi connectivity index (χ2v) is 2.68. The second kappa shape index (κ2) is 4.33. The highest BCUT2D eigenvalue weighted by Gasteiger charge is 2.02. The fourth-order valence-corrected chi connectivity index (χ4v) is 1.09. The molecule has 1 radical (unpaired) electrons. The zero-order valence-electron chi connectivity index (χ0n) is 6.75. The van der Waals surface area contributed by atoms with E-state index in [0.29, 0.717) is 22.9 Å². The van der Waals surface area contributed by atoms with Crippen molar-refractivity contribution >= 4 is 11.6 Å². The summed E-state index contributed by atoms with van der Waals surface area (Å²) in [5, 5.41) is 9.39. The summed E-state index contributed by atoms with van der Waals surface area (Å²) in [5.74, 6) is 0.643. The molecule has 0 saturated heterocycles. The van der Waals surface area contributed by atoms with Crippen LogP contribution in [-0.2, 0) is 0 Å². The minimum atomic E-state index is 0.572. The van der Waals surface area contributed by atoms with E-state index < -0.39 is 0 Å². The number of hydrogen-bond acceptors (Lipinski definition) is 2. The minimum absolute atomic E-state index is 0.572. The lowest BCUT2D eigenvalue weighted by Crippen LogP contribution is -1.95. The van der Waals surface area contributed by atoms with Gasteiger partial charge in [-0.05, 0) is 25.1 Å². The van der Waals surface area contributed by atoms with E-state index in [4.69, 9.17) is 21.4 Å². The first kappa shape index (κ1) is 9.36. The van der Waals surface area contributed by atoms with Gasteiger partial charge in [-0.3, -0.25) is 0 Å². The molecule has 1 aromatic rings. The number of aliphatic hydroxyl groups is 1. The second-order valence-electron chi connectivity index (χ2n) is 2.24. The van der Waals surface area contributed by atoms with Crippen LogP contribution in [0.3, 0.4) is 0 Å². The molecular weight excluding hydrogens is 176 g/mol. The summed E-state index contributed by atoms with van der Waals surface area (Å²) in [5.41, 5.74) is 0.601. The van der Waals surface area contributed by atoms with Crippen LogP contribution in [0, 0.1) is 6.61 Å². The van der Waals surface area contributed by atoms with Gasteiger partial charge in [0.1, 0.15) is 12.4 Å². The third-order valence-electron chi connectivity index (χ3n) is 1.41. The predicted octanol–water partition coefficient (Wildman–Crippen LogP) is 2.62. The van der Waals surface area contributed by atoms with Crippen LogP contribution in [0.2, 0.25) is 5.02 Å². The molecule has 1 aromatic carbocycles. The third kappa shape index (κ3) is 2.13. The molecule has 0 heterocycles. The van der Waals surface area contributed by atoms with Crippen LogP contribution >= 0.6 is 11.6 Å². The van der Waals surface area contributed by atoms with E-state index >= 15 is 0 Å². The third-order valence-corrected chi connectivity index (χ3v) is 1.65. The molecular formula is C9H10ClO2. The van der Waals surface area contributed by atoms with E-state index in [-0.39, 0.29) is 0 Å². The van der Waals surface area contributed by atoms with Crippen molar-refractivity contribution in [3.05, 3.63) is 35.4 Å². The van der Waals surface area contributed by atoms with Crippen LogP contribution in [0.1, 0.15) is 12.5 Å². The van der Waals surface area contributed by atoms with E-state index in [1.807, 2.05) is 6.92 Å². The number of aliphatic hydroxyl groups excluding tert-OH is 1. The minimum Gasteiger partial charge on any atom is -0.493 e. The van der Waals surface area contributed by atoms with Crippen molar-refractivity contribution in [2.75, 3.05) is 6.61 Å². The van der Waals surface area contributed by atoms with Crippen LogP contribution in [0.4, 0.5) is 0 Å². The van der Waals surface area contributed by atoms with Gasteiger partial charge in [-0.1, -0.05) is 11.6 Å². The predicted molar refractivity (Wildman–Crippen MR) is 48.0 cm³/mol. The SMILES string of the molecule is CCOc1ccc(Cl)cc1[CH]O. The van der Waals surface area contributed by atoms with Crippen molar-refractivity contribution in [2.45, 2.75) is 6.92 Å². The average Bonchev–Trinajstić information content (AvgIpc) is 2.08. The fraction of sp³-hybridized carbons (Fsp3) is 0.222. The van der Waals surface area contributed by atoms with E-state index in [2.05, 4.69) is 0 Å². The molecule has 3 heteroatoms. The topological polar surface area (TPSA) is 29.5 Å². The number of ether oxygens (including phenoxy) is 1. The van der Waals surface area contributed by atoms with Crippen LogP contribution in [-0.4, -0.2) is 11.7 Å². The van der Waals surface area contributed by atoms with Crippen LogP contribution < -0.4 is 4.74 Å². The average molecular weight is 186 g/mol. The number of rotatable bonds is 3. The Morgan fingerprint density at radius 3 is 2.92 bits per heavy atom. The maximum Gasteiger partial charge on any atom is 0.125 e. The first-order valence-corrected chi connectivity index (χ1v) is 4.05. The highest BCUT2D eigenvalue weighted by Crippen LogP contribution is 2.23. The lowest BCUT2D eigenvalue weighted by atomic mass is 10.2. The summed E-state index contributed by atoms with van der Waals surface area (Å²) in [6, 6.07) is 5.10. The molecule has 0 fully saturated rings. The van der Waals surface area contributed by atoms with Crippen molar-refractivity contribution in [1.82, 2.24) is 0 Å². The maximum absolute atomic E-state index is 8.81. The van der Waals surface area contributed by atoms with Gasteiger partial charge in [0.05, 0.1) is 6.61 Å². The number of benzene rings is 1. The molecule has 0 aliphatic heterocycles. The van der Waals surface area contributed by atoms with Gasteiger partial charge >= 0.3 is 0 Å². The van der Waals surface area contributed by atoms with Crippen molar-refractivity contribution in [3.8, 4) is 5.75 Å². The summed E-state index contributed by atoms with van der Waals surface area (Å²) in [6.07, 6.45) is 0. The first-order valence-electron chi connectivity index (χ1n) is 3.67. The van der Waals surface area contributed by atoms with Gasteiger partial charge in [-0.25, -0.2) is 0 Å². The van der Waals surface area contributed by atoms with Gasteiger partial charge in [-0.15, -0.1) is 0 Å². The molecule has 0 atom stereocenters. The molecule has 0 saturated carbocycles. The van der Waals surface area contributed by atoms with Gasteiger partial charge in [0.25, 0.3) is 0 Å². The summed E-state index contributed by atoms with van der Waals surface area (Å²) >= 11 is 5.71. The molecule has 0 aliphatic carbocycles. The quantitative estimate of drug-likeness (QED) is 0.785. The van der Waals surface area contributed by atoms with Gasteiger partial charge in [0.2, 0.25) is 0 Å². The fourth-order valence-electron chi connectivity index (χ4n) is 0.907. The molecule has 0 spiro atoms. The number of halogens is 1. The molecule has 0 amide bonds. The lowest BCUT2D eigenvalue weighted by Gasteiger charge is -2.07. The van der Waals surface area contributed by atoms with Gasteiger partial charge in [0.15, 0.2) is 0 Å². The normalized spacial score (nSPS) is 9.92. The Balaban J connectivity index is 2.94. The number of hydrogen-bond donors (Lipinski definition) is 1. The molecule has 12 heavy (non-hydrogen) atoms. The van der Waals surface area contributed by atoms with E-state index in [1.165, 1.54) is 0 Å². The maximum atomic E-state index is 8.81. The van der Waals surface area contributed by atoms with E-state index in [0.717, 1.165) is 6.61 Å². The van der Waals surface area contributed by atoms with Crippen molar-refractivity contribution in [1.29, 1.82) is 0 Å². The van der Waals surface area contributed by atoms with Crippen molar-refractivity contribution in [3.63, 3.8) is 0 Å². The molecule has 0 aliphatic rings. The highest BCUT2D eigenvalue weighted by molar-refractivity contribution is 6.30. The first-order chi connectivity index (χ1) is 5.77. The Hall–Kier alpha value is -0.730. The van der Waals surface area contributed by atoms with Crippen molar-refractivity contribution in [2.24, 2.45) is 0 Å². The Morgan fingerprint density at radius 2 is 2.33 bits per heavy atom. The molecule has 2 nitrogen and oxygen atoms in total. The standard InChI is InChI=1S/C9H10ClO2/c1-2-12-9-4-3-8(10)5-7(9)6-11/h3-6,11H,2H2,1H3. The van der Waals surface area contributed by atoms with Crippen LogP contribution in [0.15, 0.2) is 18.2 Å². The van der Waals surface area contributed by atoms with Crippen molar-refractivity contribution < 1.29 is 9.84 Å². The van der Waals surface area contributed by atoms with Gasteiger partial charge < -0.3 is 9.84 Å². The summed E-state index contributed by atoms with van der Waals surface area (Å²) in [6.45, 7) is 3.44. The van der Waals surface area contributed by atoms with E-state index in [1.54, 1.807) is 18.2 Å². The smallest absolute Gasteiger partial charge is 0.125 e. The molecule has 0 unspecified atom stereocenters. The van der Waals surface area contributed by atoms with E-state index in [9.17, 15) is 0 Å². The largest absolute Gasteiger partial charge is 0.493 e. The molecule has 0 bridgehead atoms. The lowest BCUT2D eigenvalue weighted by molar-refractivity contribution is 0.330. The van der Waals surface area contributed by atoms with Gasteiger partial charge in [-0.2, -0.15) is 0 Å². The Kier molecular flexibility index (Phi) is 3.38. The van der Waals surface area contributed by atoms with Crippen LogP contribution in [0.25, 0.3) is 0 Å².